The maximum Gasteiger partial charge on any atom is 0.346 e. The summed E-state index contributed by atoms with van der Waals surface area (Å²) in [5.74, 6) is -0.613. The Bertz CT molecular complexity index is 1470. The Kier molecular flexibility index (Phi) is 4.55. The van der Waals surface area contributed by atoms with Crippen LogP contribution in [0.5, 0.6) is 0 Å². The highest BCUT2D eigenvalue weighted by atomic mass is 16.4. The molecule has 8 heteroatoms. The number of hydrogen-bond acceptors (Lipinski definition) is 6. The number of benzene rings is 2. The average molecular weight is 427 g/mol. The Morgan fingerprint density at radius 2 is 1.69 bits per heavy atom. The van der Waals surface area contributed by atoms with Crippen LogP contribution in [0.25, 0.3) is 21.9 Å². The molecule has 4 aromatic rings. The molecule has 0 saturated carbocycles. The first kappa shape index (κ1) is 19.6. The van der Waals surface area contributed by atoms with Crippen LogP contribution in [0.2, 0.25) is 0 Å². The number of pyridine rings is 1. The van der Waals surface area contributed by atoms with Crippen molar-refractivity contribution in [1.82, 2.24) is 4.98 Å². The summed E-state index contributed by atoms with van der Waals surface area (Å²) >= 11 is 0. The zero-order valence-electron chi connectivity index (χ0n) is 17.0. The summed E-state index contributed by atoms with van der Waals surface area (Å²) in [6.45, 7) is 1.75. The van der Waals surface area contributed by atoms with E-state index < -0.39 is 11.5 Å². The van der Waals surface area contributed by atoms with Crippen LogP contribution in [0, 0.1) is 6.92 Å². The number of amides is 3. The van der Waals surface area contributed by atoms with Gasteiger partial charge in [0.15, 0.2) is 0 Å². The summed E-state index contributed by atoms with van der Waals surface area (Å²) in [5.41, 5.74) is 1.79. The lowest BCUT2D eigenvalue weighted by Crippen LogP contribution is -2.28. The van der Waals surface area contributed by atoms with Crippen molar-refractivity contribution in [3.63, 3.8) is 0 Å². The number of aryl methyl sites for hydroxylation is 1. The first-order valence-corrected chi connectivity index (χ1v) is 10.0. The summed E-state index contributed by atoms with van der Waals surface area (Å²) in [6, 6.07) is 14.9. The lowest BCUT2D eigenvalue weighted by Gasteiger charge is -2.14. The van der Waals surface area contributed by atoms with Crippen molar-refractivity contribution in [3.05, 3.63) is 76.1 Å². The van der Waals surface area contributed by atoms with Crippen LogP contribution in [-0.2, 0) is 9.59 Å². The van der Waals surface area contributed by atoms with Gasteiger partial charge in [0.1, 0.15) is 11.4 Å². The fraction of sp³-hybridized carbons (Fsp3) is 0.125. The van der Waals surface area contributed by atoms with E-state index in [0.29, 0.717) is 44.5 Å². The minimum atomic E-state index is -0.483. The van der Waals surface area contributed by atoms with Gasteiger partial charge in [0, 0.05) is 23.8 Å². The second kappa shape index (κ2) is 7.42. The van der Waals surface area contributed by atoms with Crippen molar-refractivity contribution in [2.24, 2.45) is 0 Å². The van der Waals surface area contributed by atoms with Crippen molar-refractivity contribution < 1.29 is 18.8 Å². The molecular formula is C24H17N3O5. The number of anilines is 2. The number of aromatic nitrogens is 1. The fourth-order valence-corrected chi connectivity index (χ4v) is 3.91. The smallest absolute Gasteiger partial charge is 0.346 e. The van der Waals surface area contributed by atoms with E-state index in [-0.39, 0.29) is 24.7 Å². The van der Waals surface area contributed by atoms with E-state index in [2.05, 4.69) is 10.3 Å². The Hall–Kier alpha value is -4.33. The minimum absolute atomic E-state index is 0.196. The van der Waals surface area contributed by atoms with Crippen LogP contribution < -0.4 is 15.8 Å². The van der Waals surface area contributed by atoms with Crippen molar-refractivity contribution in [3.8, 4) is 0 Å². The third kappa shape index (κ3) is 3.22. The summed E-state index contributed by atoms with van der Waals surface area (Å²) in [4.78, 5) is 54.6. The van der Waals surface area contributed by atoms with Gasteiger partial charge >= 0.3 is 5.63 Å². The molecule has 3 amide bonds. The lowest BCUT2D eigenvalue weighted by molar-refractivity contribution is -0.121. The Morgan fingerprint density at radius 1 is 1.00 bits per heavy atom. The van der Waals surface area contributed by atoms with Crippen molar-refractivity contribution in [2.45, 2.75) is 19.8 Å². The van der Waals surface area contributed by atoms with Gasteiger partial charge in [0.2, 0.25) is 11.8 Å². The molecule has 1 aliphatic heterocycles. The number of carbonyl (C=O) groups excluding carboxylic acids is 3. The van der Waals surface area contributed by atoms with Crippen molar-refractivity contribution in [2.75, 3.05) is 10.2 Å². The molecular weight excluding hydrogens is 410 g/mol. The molecule has 5 rings (SSSR count). The molecule has 1 N–H and O–H groups in total. The van der Waals surface area contributed by atoms with Crippen LogP contribution in [0.3, 0.4) is 0 Å². The largest absolute Gasteiger partial charge is 0.422 e. The van der Waals surface area contributed by atoms with E-state index in [1.165, 1.54) is 0 Å². The molecule has 0 aliphatic carbocycles. The van der Waals surface area contributed by atoms with Gasteiger partial charge in [-0.15, -0.1) is 0 Å². The van der Waals surface area contributed by atoms with Gasteiger partial charge in [-0.25, -0.2) is 9.78 Å². The van der Waals surface area contributed by atoms with Gasteiger partial charge in [-0.3, -0.25) is 19.3 Å². The number of carbonyl (C=O) groups is 3. The highest BCUT2D eigenvalue weighted by Crippen LogP contribution is 2.26. The molecule has 0 radical (unpaired) electrons. The van der Waals surface area contributed by atoms with E-state index in [0.717, 1.165) is 4.90 Å². The Morgan fingerprint density at radius 3 is 2.41 bits per heavy atom. The molecule has 0 spiro atoms. The maximum absolute atomic E-state index is 12.8. The molecule has 2 aromatic carbocycles. The number of hydrogen-bond donors (Lipinski definition) is 1. The highest BCUT2D eigenvalue weighted by Gasteiger charge is 2.30. The highest BCUT2D eigenvalue weighted by molar-refractivity contribution is 6.20. The first-order valence-electron chi connectivity index (χ1n) is 10.0. The van der Waals surface area contributed by atoms with Gasteiger partial charge < -0.3 is 9.73 Å². The number of fused-ring (bicyclic) bond motifs is 3. The monoisotopic (exact) mass is 427 g/mol. The fourth-order valence-electron chi connectivity index (χ4n) is 3.91. The molecule has 0 bridgehead atoms. The van der Waals surface area contributed by atoms with E-state index in [1.807, 2.05) is 6.07 Å². The predicted octanol–water partition coefficient (Wildman–Crippen LogP) is 3.56. The van der Waals surface area contributed by atoms with Gasteiger partial charge in [0.25, 0.3) is 5.91 Å². The molecule has 0 unspecified atom stereocenters. The van der Waals surface area contributed by atoms with Crippen molar-refractivity contribution in [1.29, 1.82) is 0 Å². The molecule has 32 heavy (non-hydrogen) atoms. The molecule has 1 saturated heterocycles. The standard InChI is InChI=1S/C24H17N3O5/c1-13-12-18(25-22-16-4-2-3-5-17(16)32-24(31)21(13)22)26-23(30)14-6-8-15(9-7-14)27-19(28)10-11-20(27)29/h2-9,12H,10-11H2,1H3,(H,25,26,30). The molecule has 0 atom stereocenters. The molecule has 158 valence electrons. The second-order valence-corrected chi connectivity index (χ2v) is 7.56. The molecule has 8 nitrogen and oxygen atoms in total. The van der Waals surface area contributed by atoms with E-state index in [9.17, 15) is 19.2 Å². The quantitative estimate of drug-likeness (QED) is 0.304. The number of imide groups is 1. The van der Waals surface area contributed by atoms with Gasteiger partial charge in [-0.2, -0.15) is 0 Å². The van der Waals surface area contributed by atoms with Crippen LogP contribution >= 0.6 is 0 Å². The zero-order chi connectivity index (χ0) is 22.4. The summed E-state index contributed by atoms with van der Waals surface area (Å²) in [6.07, 6.45) is 0.391. The third-order valence-electron chi connectivity index (χ3n) is 5.45. The van der Waals surface area contributed by atoms with E-state index in [1.54, 1.807) is 55.5 Å². The Balaban J connectivity index is 1.47. The number of para-hydroxylation sites is 1. The minimum Gasteiger partial charge on any atom is -0.422 e. The number of nitrogens with zero attached hydrogens (tertiary/aromatic N) is 2. The second-order valence-electron chi connectivity index (χ2n) is 7.56. The topological polar surface area (TPSA) is 110 Å². The van der Waals surface area contributed by atoms with Gasteiger partial charge in [0.05, 0.1) is 16.6 Å². The molecule has 2 aromatic heterocycles. The van der Waals surface area contributed by atoms with Crippen LogP contribution in [0.4, 0.5) is 11.5 Å². The Labute approximate surface area is 181 Å². The maximum atomic E-state index is 12.8. The molecule has 1 fully saturated rings. The zero-order valence-corrected chi connectivity index (χ0v) is 17.0. The third-order valence-corrected chi connectivity index (χ3v) is 5.45. The van der Waals surface area contributed by atoms with E-state index >= 15 is 0 Å². The van der Waals surface area contributed by atoms with E-state index in [4.69, 9.17) is 4.42 Å². The van der Waals surface area contributed by atoms with Crippen LogP contribution in [-0.4, -0.2) is 22.7 Å². The lowest BCUT2D eigenvalue weighted by atomic mass is 10.1. The van der Waals surface area contributed by atoms with Crippen LogP contribution in [0.15, 0.2) is 63.8 Å². The average Bonchev–Trinajstić information content (AvgIpc) is 3.11. The summed E-state index contributed by atoms with van der Waals surface area (Å²) in [5, 5.41) is 3.79. The summed E-state index contributed by atoms with van der Waals surface area (Å²) < 4.78 is 5.38. The van der Waals surface area contributed by atoms with Gasteiger partial charge in [-0.1, -0.05) is 12.1 Å². The normalized spacial score (nSPS) is 13.8. The number of nitrogens with one attached hydrogen (secondary N) is 1. The SMILES string of the molecule is Cc1cc(NC(=O)c2ccc(N3C(=O)CCC3=O)cc2)nc2c1c(=O)oc1ccccc12. The molecule has 1 aliphatic rings. The van der Waals surface area contributed by atoms with Gasteiger partial charge in [-0.05, 0) is 55.0 Å². The number of rotatable bonds is 3. The molecule has 3 heterocycles. The summed E-state index contributed by atoms with van der Waals surface area (Å²) in [7, 11) is 0. The predicted molar refractivity (Wildman–Crippen MR) is 119 cm³/mol. The van der Waals surface area contributed by atoms with Crippen LogP contribution in [0.1, 0.15) is 28.8 Å². The first-order chi connectivity index (χ1) is 15.4. The van der Waals surface area contributed by atoms with Crippen molar-refractivity contribution >= 4 is 51.1 Å².